The highest BCUT2D eigenvalue weighted by molar-refractivity contribution is 5.98. The molecule has 1 aliphatic heterocycles. The van der Waals surface area contributed by atoms with Crippen molar-refractivity contribution in [3.63, 3.8) is 0 Å². The summed E-state index contributed by atoms with van der Waals surface area (Å²) in [5.74, 6) is 2.63. The zero-order valence-electron chi connectivity index (χ0n) is 20.1. The van der Waals surface area contributed by atoms with E-state index in [4.69, 9.17) is 15.6 Å². The van der Waals surface area contributed by atoms with Crippen molar-refractivity contribution in [1.82, 2.24) is 24.6 Å². The Morgan fingerprint density at radius 1 is 1.09 bits per heavy atom. The van der Waals surface area contributed by atoms with Gasteiger partial charge in [0.2, 0.25) is 5.91 Å². The topological polar surface area (TPSA) is 99.2 Å². The Kier molecular flexibility index (Phi) is 6.35. The number of aromatic nitrogens is 4. The van der Waals surface area contributed by atoms with Crippen molar-refractivity contribution >= 4 is 22.8 Å². The van der Waals surface area contributed by atoms with Gasteiger partial charge in [-0.1, -0.05) is 32.0 Å². The number of hydrogen-bond acceptors (Lipinski definition) is 6. The van der Waals surface area contributed by atoms with Gasteiger partial charge in [0.1, 0.15) is 29.3 Å². The van der Waals surface area contributed by atoms with Gasteiger partial charge in [0, 0.05) is 25.1 Å². The van der Waals surface area contributed by atoms with E-state index < -0.39 is 0 Å². The summed E-state index contributed by atoms with van der Waals surface area (Å²) in [6, 6.07) is 17.5. The molecule has 0 spiro atoms. The second kappa shape index (κ2) is 9.74. The lowest BCUT2D eigenvalue weighted by Gasteiger charge is -2.17. The smallest absolute Gasteiger partial charge is 0.222 e. The summed E-state index contributed by atoms with van der Waals surface area (Å²) in [7, 11) is 0. The summed E-state index contributed by atoms with van der Waals surface area (Å²) in [6.07, 6.45) is 3.79. The molecule has 35 heavy (non-hydrogen) atoms. The third kappa shape index (κ3) is 4.82. The van der Waals surface area contributed by atoms with Gasteiger partial charge in [0.25, 0.3) is 0 Å². The summed E-state index contributed by atoms with van der Waals surface area (Å²) >= 11 is 0. The van der Waals surface area contributed by atoms with Gasteiger partial charge in [-0.05, 0) is 55.2 Å². The van der Waals surface area contributed by atoms with Crippen LogP contribution >= 0.6 is 0 Å². The Labute approximate surface area is 204 Å². The third-order valence-electron chi connectivity index (χ3n) is 6.42. The molecule has 1 amide bonds. The molecule has 0 radical (unpaired) electrons. The summed E-state index contributed by atoms with van der Waals surface area (Å²) in [4.78, 5) is 23.3. The lowest BCUT2D eigenvalue weighted by atomic mass is 10.1. The van der Waals surface area contributed by atoms with Crippen LogP contribution in [0.4, 0.5) is 5.82 Å². The van der Waals surface area contributed by atoms with Crippen LogP contribution in [-0.4, -0.2) is 43.6 Å². The molecule has 2 N–H and O–H groups in total. The number of carbonyl (C=O) groups excluding carboxylic acids is 1. The Balaban J connectivity index is 1.41. The van der Waals surface area contributed by atoms with Gasteiger partial charge < -0.3 is 15.4 Å². The molecule has 1 atom stereocenters. The quantitative estimate of drug-likeness (QED) is 0.404. The molecule has 5 rings (SSSR count). The fraction of sp³-hybridized carbons (Fsp3) is 0.333. The molecule has 3 heterocycles. The lowest BCUT2D eigenvalue weighted by Crippen LogP contribution is -2.29. The molecule has 0 aliphatic carbocycles. The van der Waals surface area contributed by atoms with Gasteiger partial charge >= 0.3 is 0 Å². The number of anilines is 1. The first-order valence-electron chi connectivity index (χ1n) is 12.1. The first-order chi connectivity index (χ1) is 17.0. The second-order valence-electron chi connectivity index (χ2n) is 9.40. The van der Waals surface area contributed by atoms with Crippen molar-refractivity contribution in [2.24, 2.45) is 5.92 Å². The number of nitrogen functional groups attached to an aromatic ring is 1. The van der Waals surface area contributed by atoms with Gasteiger partial charge in [0.15, 0.2) is 5.65 Å². The molecular formula is C27H30N6O2. The SMILES string of the molecule is CC(C)CCC(=O)N1CCC(n2nc(-c3ccc(Oc4ccccc4)cc3)c3c(N)ncnc32)C1. The fourth-order valence-electron chi connectivity index (χ4n) is 4.50. The number of likely N-dealkylation sites (tertiary alicyclic amines) is 1. The summed E-state index contributed by atoms with van der Waals surface area (Å²) in [5.41, 5.74) is 8.61. The molecule has 1 fully saturated rings. The zero-order chi connectivity index (χ0) is 24.4. The molecule has 2 aromatic heterocycles. The van der Waals surface area contributed by atoms with E-state index >= 15 is 0 Å². The summed E-state index contributed by atoms with van der Waals surface area (Å²) in [6.45, 7) is 5.63. The van der Waals surface area contributed by atoms with E-state index in [0.717, 1.165) is 47.5 Å². The second-order valence-corrected chi connectivity index (χ2v) is 9.40. The van der Waals surface area contributed by atoms with Crippen LogP contribution in [-0.2, 0) is 4.79 Å². The molecule has 8 heteroatoms. The number of amides is 1. The highest BCUT2D eigenvalue weighted by Crippen LogP contribution is 2.35. The van der Waals surface area contributed by atoms with Crippen molar-refractivity contribution in [3.8, 4) is 22.8 Å². The van der Waals surface area contributed by atoms with Crippen LogP contribution in [0.25, 0.3) is 22.3 Å². The number of nitrogens with two attached hydrogens (primary N) is 1. The first-order valence-corrected chi connectivity index (χ1v) is 12.1. The van der Waals surface area contributed by atoms with Crippen LogP contribution in [0.5, 0.6) is 11.5 Å². The van der Waals surface area contributed by atoms with Crippen LogP contribution in [0.2, 0.25) is 0 Å². The van der Waals surface area contributed by atoms with E-state index in [1.54, 1.807) is 0 Å². The van der Waals surface area contributed by atoms with Crippen molar-refractivity contribution in [1.29, 1.82) is 0 Å². The Morgan fingerprint density at radius 3 is 2.57 bits per heavy atom. The molecule has 1 unspecified atom stereocenters. The van der Waals surface area contributed by atoms with Crippen LogP contribution in [0.1, 0.15) is 39.2 Å². The molecule has 4 aromatic rings. The minimum Gasteiger partial charge on any atom is -0.457 e. The maximum Gasteiger partial charge on any atom is 0.222 e. The molecule has 1 aliphatic rings. The average molecular weight is 471 g/mol. The highest BCUT2D eigenvalue weighted by Gasteiger charge is 2.30. The van der Waals surface area contributed by atoms with Gasteiger partial charge in [-0.3, -0.25) is 4.79 Å². The van der Waals surface area contributed by atoms with E-state index in [1.165, 1.54) is 6.33 Å². The number of fused-ring (bicyclic) bond motifs is 1. The largest absolute Gasteiger partial charge is 0.457 e. The minimum atomic E-state index is 0.0456. The van der Waals surface area contributed by atoms with Crippen LogP contribution in [0.3, 0.4) is 0 Å². The van der Waals surface area contributed by atoms with Gasteiger partial charge in [-0.15, -0.1) is 0 Å². The maximum atomic E-state index is 12.7. The van der Waals surface area contributed by atoms with Gasteiger partial charge in [-0.25, -0.2) is 14.6 Å². The molecular weight excluding hydrogens is 440 g/mol. The summed E-state index contributed by atoms with van der Waals surface area (Å²) in [5, 5.41) is 5.67. The Bertz CT molecular complexity index is 1320. The molecule has 180 valence electrons. The maximum absolute atomic E-state index is 12.7. The van der Waals surface area contributed by atoms with Crippen LogP contribution < -0.4 is 10.5 Å². The predicted octanol–water partition coefficient (Wildman–Crippen LogP) is 5.08. The van der Waals surface area contributed by atoms with E-state index in [2.05, 4.69) is 23.8 Å². The molecule has 0 saturated carbocycles. The van der Waals surface area contributed by atoms with Crippen molar-refractivity contribution < 1.29 is 9.53 Å². The number of benzene rings is 2. The highest BCUT2D eigenvalue weighted by atomic mass is 16.5. The van der Waals surface area contributed by atoms with E-state index in [-0.39, 0.29) is 11.9 Å². The standard InChI is InChI=1S/C27H30N6O2/c1-18(2)8-13-23(34)32-15-14-20(16-32)33-27-24(26(28)29-17-30-27)25(31-33)19-9-11-22(12-10-19)35-21-6-4-3-5-7-21/h3-7,9-12,17-18,20H,8,13-16H2,1-2H3,(H2,28,29,30). The monoisotopic (exact) mass is 470 g/mol. The van der Waals surface area contributed by atoms with Crippen LogP contribution in [0, 0.1) is 5.92 Å². The number of rotatable bonds is 7. The number of para-hydroxylation sites is 1. The predicted molar refractivity (Wildman–Crippen MR) is 136 cm³/mol. The van der Waals surface area contributed by atoms with Crippen molar-refractivity contribution in [3.05, 3.63) is 60.9 Å². The fourth-order valence-corrected chi connectivity index (χ4v) is 4.50. The van der Waals surface area contributed by atoms with Crippen molar-refractivity contribution in [2.45, 2.75) is 39.2 Å². The van der Waals surface area contributed by atoms with Gasteiger partial charge in [-0.2, -0.15) is 5.10 Å². The van der Waals surface area contributed by atoms with E-state index in [1.807, 2.05) is 64.2 Å². The number of carbonyl (C=O) groups is 1. The third-order valence-corrected chi connectivity index (χ3v) is 6.42. The lowest BCUT2D eigenvalue weighted by molar-refractivity contribution is -0.130. The molecule has 2 aromatic carbocycles. The molecule has 0 bridgehead atoms. The Morgan fingerprint density at radius 2 is 1.83 bits per heavy atom. The van der Waals surface area contributed by atoms with Gasteiger partial charge in [0.05, 0.1) is 11.4 Å². The number of hydrogen-bond donors (Lipinski definition) is 1. The zero-order valence-corrected chi connectivity index (χ0v) is 20.1. The molecule has 8 nitrogen and oxygen atoms in total. The number of ether oxygens (including phenoxy) is 1. The van der Waals surface area contributed by atoms with Crippen molar-refractivity contribution in [2.75, 3.05) is 18.8 Å². The summed E-state index contributed by atoms with van der Waals surface area (Å²) < 4.78 is 7.85. The first kappa shape index (κ1) is 22.8. The molecule has 1 saturated heterocycles. The van der Waals surface area contributed by atoms with E-state index in [9.17, 15) is 4.79 Å². The average Bonchev–Trinajstić information content (AvgIpc) is 3.50. The van der Waals surface area contributed by atoms with E-state index in [0.29, 0.717) is 30.3 Å². The van der Waals surface area contributed by atoms with Crippen LogP contribution in [0.15, 0.2) is 60.9 Å². The minimum absolute atomic E-state index is 0.0456. The number of nitrogens with zero attached hydrogens (tertiary/aromatic N) is 5. The normalized spacial score (nSPS) is 15.7. The Hall–Kier alpha value is -3.94.